The van der Waals surface area contributed by atoms with E-state index in [-0.39, 0.29) is 25.3 Å². The van der Waals surface area contributed by atoms with Gasteiger partial charge in [0, 0.05) is 6.04 Å². The summed E-state index contributed by atoms with van der Waals surface area (Å²) in [5, 5.41) is 12.9. The lowest BCUT2D eigenvalue weighted by Crippen LogP contribution is -2.42. The maximum Gasteiger partial charge on any atom is 0.391 e. The number of amides is 1. The Kier molecular flexibility index (Phi) is 4.01. The zero-order valence-electron chi connectivity index (χ0n) is 10.1. The molecule has 1 amide bonds. The summed E-state index contributed by atoms with van der Waals surface area (Å²) in [5.41, 5.74) is 0. The zero-order valence-corrected chi connectivity index (χ0v) is 10.1. The number of nitrogens with zero attached hydrogens (tertiary/aromatic N) is 4. The number of nitrogens with one attached hydrogen (secondary N) is 1. The average Bonchev–Trinajstić information content (AvgIpc) is 2.80. The van der Waals surface area contributed by atoms with E-state index in [1.54, 1.807) is 0 Å². The second-order valence-electron chi connectivity index (χ2n) is 4.68. The monoisotopic (exact) mass is 277 g/mol. The van der Waals surface area contributed by atoms with Gasteiger partial charge in [-0.3, -0.25) is 4.79 Å². The smallest absolute Gasteiger partial charge is 0.352 e. The van der Waals surface area contributed by atoms with E-state index in [9.17, 15) is 18.0 Å². The van der Waals surface area contributed by atoms with E-state index < -0.39 is 18.1 Å². The fourth-order valence-electron chi connectivity index (χ4n) is 2.29. The van der Waals surface area contributed by atoms with Crippen molar-refractivity contribution < 1.29 is 18.0 Å². The van der Waals surface area contributed by atoms with Gasteiger partial charge in [0.25, 0.3) is 0 Å². The number of tetrazole rings is 1. The van der Waals surface area contributed by atoms with E-state index in [4.69, 9.17) is 0 Å². The molecule has 0 bridgehead atoms. The second-order valence-corrected chi connectivity index (χ2v) is 4.68. The SMILES string of the molecule is O=C(Cn1cnnn1)N[C@H]1CCC[C@H](C(F)(F)F)C1. The molecule has 1 fully saturated rings. The first-order valence-corrected chi connectivity index (χ1v) is 6.02. The van der Waals surface area contributed by atoms with Crippen molar-refractivity contribution in [2.75, 3.05) is 0 Å². The Morgan fingerprint density at radius 1 is 1.42 bits per heavy atom. The maximum absolute atomic E-state index is 12.6. The van der Waals surface area contributed by atoms with E-state index in [1.807, 2.05) is 0 Å². The Balaban J connectivity index is 1.83. The van der Waals surface area contributed by atoms with Crippen molar-refractivity contribution in [1.82, 2.24) is 25.5 Å². The summed E-state index contributed by atoms with van der Waals surface area (Å²) >= 11 is 0. The predicted octanol–water partition coefficient (Wildman–Crippen LogP) is 0.910. The molecule has 1 aromatic heterocycles. The van der Waals surface area contributed by atoms with Gasteiger partial charge in [0.05, 0.1) is 5.92 Å². The number of halogens is 3. The molecule has 1 aliphatic rings. The van der Waals surface area contributed by atoms with Crippen LogP contribution in [0, 0.1) is 5.92 Å². The number of rotatable bonds is 3. The van der Waals surface area contributed by atoms with E-state index in [1.165, 1.54) is 11.0 Å². The zero-order chi connectivity index (χ0) is 13.9. The minimum absolute atomic E-state index is 0.0507. The number of carbonyl (C=O) groups is 1. The molecule has 1 saturated carbocycles. The highest BCUT2D eigenvalue weighted by molar-refractivity contribution is 5.75. The van der Waals surface area contributed by atoms with Gasteiger partial charge in [-0.05, 0) is 29.7 Å². The molecule has 2 rings (SSSR count). The van der Waals surface area contributed by atoms with Crippen LogP contribution in [-0.4, -0.2) is 38.3 Å². The third-order valence-electron chi connectivity index (χ3n) is 3.20. The van der Waals surface area contributed by atoms with Gasteiger partial charge < -0.3 is 5.32 Å². The van der Waals surface area contributed by atoms with Crippen LogP contribution in [0.5, 0.6) is 0 Å². The van der Waals surface area contributed by atoms with Crippen molar-refractivity contribution in [3.8, 4) is 0 Å². The van der Waals surface area contributed by atoms with Gasteiger partial charge in [-0.1, -0.05) is 6.42 Å². The molecule has 0 aliphatic heterocycles. The van der Waals surface area contributed by atoms with Gasteiger partial charge in [-0.2, -0.15) is 13.2 Å². The Bertz CT molecular complexity index is 419. The Labute approximate surface area is 107 Å². The number of aromatic nitrogens is 4. The van der Waals surface area contributed by atoms with Crippen LogP contribution in [0.25, 0.3) is 0 Å². The van der Waals surface area contributed by atoms with Crippen molar-refractivity contribution >= 4 is 5.91 Å². The third kappa shape index (κ3) is 3.90. The van der Waals surface area contributed by atoms with Crippen LogP contribution in [0.2, 0.25) is 0 Å². The predicted molar refractivity (Wildman–Crippen MR) is 57.8 cm³/mol. The molecule has 0 saturated heterocycles. The molecule has 0 aromatic carbocycles. The summed E-state index contributed by atoms with van der Waals surface area (Å²) in [4.78, 5) is 11.6. The fourth-order valence-corrected chi connectivity index (χ4v) is 2.29. The van der Waals surface area contributed by atoms with Crippen molar-refractivity contribution in [1.29, 1.82) is 0 Å². The first kappa shape index (κ1) is 13.8. The minimum Gasteiger partial charge on any atom is -0.352 e. The Morgan fingerprint density at radius 2 is 2.21 bits per heavy atom. The van der Waals surface area contributed by atoms with Crippen LogP contribution in [0.1, 0.15) is 25.7 Å². The highest BCUT2D eigenvalue weighted by atomic mass is 19.4. The van der Waals surface area contributed by atoms with Crippen molar-refractivity contribution in [3.05, 3.63) is 6.33 Å². The molecule has 1 heterocycles. The molecule has 6 nitrogen and oxygen atoms in total. The van der Waals surface area contributed by atoms with Crippen molar-refractivity contribution in [2.24, 2.45) is 5.92 Å². The molecular formula is C10H14F3N5O. The first-order chi connectivity index (χ1) is 8.95. The van der Waals surface area contributed by atoms with E-state index in [2.05, 4.69) is 20.8 Å². The third-order valence-corrected chi connectivity index (χ3v) is 3.20. The number of alkyl halides is 3. The molecule has 0 spiro atoms. The Morgan fingerprint density at radius 3 is 2.84 bits per heavy atom. The molecule has 106 valence electrons. The number of hydrogen-bond acceptors (Lipinski definition) is 4. The van der Waals surface area contributed by atoms with Gasteiger partial charge in [0.1, 0.15) is 12.9 Å². The summed E-state index contributed by atoms with van der Waals surface area (Å²) < 4.78 is 39.1. The number of hydrogen-bond donors (Lipinski definition) is 1. The van der Waals surface area contributed by atoms with E-state index in [0.717, 1.165) is 0 Å². The van der Waals surface area contributed by atoms with Crippen molar-refractivity contribution in [3.63, 3.8) is 0 Å². The summed E-state index contributed by atoms with van der Waals surface area (Å²) in [5.74, 6) is -1.69. The van der Waals surface area contributed by atoms with E-state index >= 15 is 0 Å². The summed E-state index contributed by atoms with van der Waals surface area (Å²) in [6.45, 7) is -0.0832. The largest absolute Gasteiger partial charge is 0.391 e. The van der Waals surface area contributed by atoms with Crippen LogP contribution in [0.4, 0.5) is 13.2 Å². The average molecular weight is 277 g/mol. The molecule has 0 unspecified atom stereocenters. The molecule has 1 aliphatic carbocycles. The summed E-state index contributed by atoms with van der Waals surface area (Å²) in [6.07, 6.45) is -1.76. The van der Waals surface area contributed by atoms with Crippen molar-refractivity contribution in [2.45, 2.75) is 44.4 Å². The Hall–Kier alpha value is -1.67. The minimum atomic E-state index is -4.18. The molecular weight excluding hydrogens is 263 g/mol. The van der Waals surface area contributed by atoms with Crippen LogP contribution in [0.3, 0.4) is 0 Å². The highest BCUT2D eigenvalue weighted by Gasteiger charge is 2.42. The number of carbonyl (C=O) groups excluding carboxylic acids is 1. The molecule has 2 atom stereocenters. The summed E-state index contributed by atoms with van der Waals surface area (Å²) in [7, 11) is 0. The second kappa shape index (κ2) is 5.54. The molecule has 1 aromatic rings. The van der Waals surface area contributed by atoms with Crippen LogP contribution in [-0.2, 0) is 11.3 Å². The van der Waals surface area contributed by atoms with Gasteiger partial charge >= 0.3 is 6.18 Å². The van der Waals surface area contributed by atoms with Crippen LogP contribution < -0.4 is 5.32 Å². The topological polar surface area (TPSA) is 72.7 Å². The standard InChI is InChI=1S/C10H14F3N5O/c11-10(12,13)7-2-1-3-8(4-7)15-9(19)5-18-6-14-16-17-18/h6-8H,1-5H2,(H,15,19)/t7-,8-/m0/s1. The van der Waals surface area contributed by atoms with Crippen LogP contribution >= 0.6 is 0 Å². The lowest BCUT2D eigenvalue weighted by atomic mass is 9.85. The first-order valence-electron chi connectivity index (χ1n) is 6.02. The molecule has 0 radical (unpaired) electrons. The van der Waals surface area contributed by atoms with Gasteiger partial charge in [-0.15, -0.1) is 5.10 Å². The highest BCUT2D eigenvalue weighted by Crippen LogP contribution is 2.37. The lowest BCUT2D eigenvalue weighted by molar-refractivity contribution is -0.184. The quantitative estimate of drug-likeness (QED) is 0.891. The molecule has 19 heavy (non-hydrogen) atoms. The fraction of sp³-hybridized carbons (Fsp3) is 0.800. The van der Waals surface area contributed by atoms with Gasteiger partial charge in [-0.25, -0.2) is 4.68 Å². The summed E-state index contributed by atoms with van der Waals surface area (Å²) in [6, 6.07) is -0.427. The van der Waals surface area contributed by atoms with Gasteiger partial charge in [0.15, 0.2) is 0 Å². The van der Waals surface area contributed by atoms with Crippen LogP contribution in [0.15, 0.2) is 6.33 Å². The normalized spacial score (nSPS) is 24.2. The lowest BCUT2D eigenvalue weighted by Gasteiger charge is -2.30. The molecule has 9 heteroatoms. The maximum atomic E-state index is 12.6. The van der Waals surface area contributed by atoms with E-state index in [0.29, 0.717) is 12.8 Å². The molecule has 1 N–H and O–H groups in total. The van der Waals surface area contributed by atoms with Gasteiger partial charge in [0.2, 0.25) is 5.91 Å².